The molecule has 1 heterocycles. The summed E-state index contributed by atoms with van der Waals surface area (Å²) in [7, 11) is 2.12. The SMILES string of the molecule is Cc1ccc(NCC2CN(C)CCO2)c(N)c1. The van der Waals surface area contributed by atoms with Gasteiger partial charge in [0.05, 0.1) is 24.1 Å². The molecule has 1 aliphatic heterocycles. The van der Waals surface area contributed by atoms with Crippen molar-refractivity contribution in [3.8, 4) is 0 Å². The fourth-order valence-electron chi connectivity index (χ4n) is 2.06. The van der Waals surface area contributed by atoms with Gasteiger partial charge >= 0.3 is 0 Å². The van der Waals surface area contributed by atoms with Gasteiger partial charge in [-0.15, -0.1) is 0 Å². The first-order valence-electron chi connectivity index (χ1n) is 6.05. The number of nitrogens with two attached hydrogens (primary N) is 1. The second kappa shape index (κ2) is 5.38. The summed E-state index contributed by atoms with van der Waals surface area (Å²) in [5, 5.41) is 3.35. The zero-order chi connectivity index (χ0) is 12.3. The molecule has 2 rings (SSSR count). The van der Waals surface area contributed by atoms with Crippen molar-refractivity contribution in [2.45, 2.75) is 13.0 Å². The number of nitrogen functional groups attached to an aromatic ring is 1. The second-order valence-corrected chi connectivity index (χ2v) is 4.73. The highest BCUT2D eigenvalue weighted by Crippen LogP contribution is 2.19. The molecule has 1 aromatic carbocycles. The normalized spacial score (nSPS) is 21.4. The third-order valence-corrected chi connectivity index (χ3v) is 3.07. The summed E-state index contributed by atoms with van der Waals surface area (Å²) >= 11 is 0. The molecular weight excluding hydrogens is 214 g/mol. The Hall–Kier alpha value is -1.26. The zero-order valence-corrected chi connectivity index (χ0v) is 10.6. The minimum absolute atomic E-state index is 0.245. The summed E-state index contributed by atoms with van der Waals surface area (Å²) < 4.78 is 5.69. The van der Waals surface area contributed by atoms with E-state index in [1.807, 2.05) is 19.1 Å². The van der Waals surface area contributed by atoms with E-state index >= 15 is 0 Å². The fourth-order valence-corrected chi connectivity index (χ4v) is 2.06. The Balaban J connectivity index is 1.88. The molecule has 0 radical (unpaired) electrons. The quantitative estimate of drug-likeness (QED) is 0.776. The molecule has 17 heavy (non-hydrogen) atoms. The fraction of sp³-hybridized carbons (Fsp3) is 0.538. The lowest BCUT2D eigenvalue weighted by Crippen LogP contribution is -2.43. The third-order valence-electron chi connectivity index (χ3n) is 3.07. The average molecular weight is 235 g/mol. The van der Waals surface area contributed by atoms with Crippen molar-refractivity contribution < 1.29 is 4.74 Å². The highest BCUT2D eigenvalue weighted by atomic mass is 16.5. The number of nitrogens with one attached hydrogen (secondary N) is 1. The summed E-state index contributed by atoms with van der Waals surface area (Å²) in [4.78, 5) is 2.29. The minimum Gasteiger partial charge on any atom is -0.397 e. The average Bonchev–Trinajstić information content (AvgIpc) is 2.28. The number of hydrogen-bond donors (Lipinski definition) is 2. The van der Waals surface area contributed by atoms with Crippen molar-refractivity contribution in [3.63, 3.8) is 0 Å². The van der Waals surface area contributed by atoms with Crippen LogP contribution in [-0.2, 0) is 4.74 Å². The van der Waals surface area contributed by atoms with Gasteiger partial charge in [-0.1, -0.05) is 6.07 Å². The monoisotopic (exact) mass is 235 g/mol. The van der Waals surface area contributed by atoms with Crippen LogP contribution in [0.1, 0.15) is 5.56 Å². The summed E-state index contributed by atoms with van der Waals surface area (Å²) in [5.74, 6) is 0. The van der Waals surface area contributed by atoms with Crippen LogP contribution < -0.4 is 11.1 Å². The van der Waals surface area contributed by atoms with Crippen molar-refractivity contribution in [1.29, 1.82) is 0 Å². The Morgan fingerprint density at radius 1 is 1.53 bits per heavy atom. The van der Waals surface area contributed by atoms with E-state index in [0.717, 1.165) is 37.6 Å². The maximum atomic E-state index is 5.95. The van der Waals surface area contributed by atoms with E-state index in [4.69, 9.17) is 10.5 Å². The van der Waals surface area contributed by atoms with E-state index in [2.05, 4.69) is 23.3 Å². The van der Waals surface area contributed by atoms with Gasteiger partial charge in [-0.25, -0.2) is 0 Å². The van der Waals surface area contributed by atoms with Gasteiger partial charge in [0.2, 0.25) is 0 Å². The maximum Gasteiger partial charge on any atom is 0.0874 e. The van der Waals surface area contributed by atoms with Crippen LogP contribution in [0.25, 0.3) is 0 Å². The van der Waals surface area contributed by atoms with Gasteiger partial charge in [0, 0.05) is 19.6 Å². The number of aryl methyl sites for hydroxylation is 1. The van der Waals surface area contributed by atoms with Gasteiger partial charge in [-0.3, -0.25) is 0 Å². The van der Waals surface area contributed by atoms with E-state index in [1.165, 1.54) is 5.56 Å². The number of anilines is 2. The number of nitrogens with zero attached hydrogens (tertiary/aromatic N) is 1. The Bertz CT molecular complexity index is 381. The molecule has 1 saturated heterocycles. The van der Waals surface area contributed by atoms with E-state index < -0.39 is 0 Å². The third kappa shape index (κ3) is 3.35. The molecule has 1 aromatic rings. The van der Waals surface area contributed by atoms with Crippen LogP contribution in [0.3, 0.4) is 0 Å². The van der Waals surface area contributed by atoms with Gasteiger partial charge in [0.15, 0.2) is 0 Å². The van der Waals surface area contributed by atoms with E-state index in [0.29, 0.717) is 0 Å². The first-order chi connectivity index (χ1) is 8.15. The Kier molecular flexibility index (Phi) is 3.86. The predicted octanol–water partition coefficient (Wildman–Crippen LogP) is 1.32. The van der Waals surface area contributed by atoms with Crippen molar-refractivity contribution in [2.75, 3.05) is 44.3 Å². The highest BCUT2D eigenvalue weighted by Gasteiger charge is 2.17. The van der Waals surface area contributed by atoms with Gasteiger partial charge in [0.25, 0.3) is 0 Å². The van der Waals surface area contributed by atoms with Gasteiger partial charge in [-0.05, 0) is 31.7 Å². The standard InChI is InChI=1S/C13H21N3O/c1-10-3-4-13(12(14)7-10)15-8-11-9-16(2)5-6-17-11/h3-4,7,11,15H,5-6,8-9,14H2,1-2H3. The van der Waals surface area contributed by atoms with Crippen LogP contribution in [0.5, 0.6) is 0 Å². The molecule has 4 nitrogen and oxygen atoms in total. The van der Waals surface area contributed by atoms with Crippen molar-refractivity contribution in [2.24, 2.45) is 0 Å². The molecule has 3 N–H and O–H groups in total. The summed E-state index contributed by atoms with van der Waals surface area (Å²) in [5.41, 5.74) is 8.93. The minimum atomic E-state index is 0.245. The molecule has 1 aliphatic rings. The predicted molar refractivity (Wildman–Crippen MR) is 71.3 cm³/mol. The van der Waals surface area contributed by atoms with Crippen molar-refractivity contribution in [1.82, 2.24) is 4.90 Å². The number of likely N-dealkylation sites (N-methyl/N-ethyl adjacent to an activating group) is 1. The van der Waals surface area contributed by atoms with Crippen LogP contribution in [0.2, 0.25) is 0 Å². The van der Waals surface area contributed by atoms with E-state index in [1.54, 1.807) is 0 Å². The van der Waals surface area contributed by atoms with Crippen LogP contribution in [0.4, 0.5) is 11.4 Å². The molecule has 0 saturated carbocycles. The summed E-state index contributed by atoms with van der Waals surface area (Å²) in [6.07, 6.45) is 0.245. The number of benzene rings is 1. The zero-order valence-electron chi connectivity index (χ0n) is 10.6. The molecule has 94 valence electrons. The number of hydrogen-bond acceptors (Lipinski definition) is 4. The Labute approximate surface area is 103 Å². The lowest BCUT2D eigenvalue weighted by atomic mass is 10.2. The first kappa shape index (κ1) is 12.2. The molecule has 0 spiro atoms. The van der Waals surface area contributed by atoms with Crippen LogP contribution in [0.15, 0.2) is 18.2 Å². The Morgan fingerprint density at radius 2 is 2.35 bits per heavy atom. The van der Waals surface area contributed by atoms with E-state index in [-0.39, 0.29) is 6.10 Å². The van der Waals surface area contributed by atoms with Crippen molar-refractivity contribution in [3.05, 3.63) is 23.8 Å². The summed E-state index contributed by atoms with van der Waals surface area (Å²) in [6, 6.07) is 6.07. The van der Waals surface area contributed by atoms with Crippen LogP contribution in [-0.4, -0.2) is 44.3 Å². The second-order valence-electron chi connectivity index (χ2n) is 4.73. The molecule has 1 fully saturated rings. The summed E-state index contributed by atoms with van der Waals surface area (Å²) in [6.45, 7) is 5.64. The largest absolute Gasteiger partial charge is 0.397 e. The molecule has 1 unspecified atom stereocenters. The van der Waals surface area contributed by atoms with Gasteiger partial charge in [0.1, 0.15) is 0 Å². The molecule has 0 aromatic heterocycles. The van der Waals surface area contributed by atoms with Gasteiger partial charge in [-0.2, -0.15) is 0 Å². The van der Waals surface area contributed by atoms with Gasteiger partial charge < -0.3 is 20.7 Å². The van der Waals surface area contributed by atoms with Crippen LogP contribution >= 0.6 is 0 Å². The lowest BCUT2D eigenvalue weighted by Gasteiger charge is -2.30. The lowest BCUT2D eigenvalue weighted by molar-refractivity contribution is -0.0117. The maximum absolute atomic E-state index is 5.95. The Morgan fingerprint density at radius 3 is 3.06 bits per heavy atom. The smallest absolute Gasteiger partial charge is 0.0874 e. The highest BCUT2D eigenvalue weighted by molar-refractivity contribution is 5.66. The molecule has 1 atom stereocenters. The van der Waals surface area contributed by atoms with Crippen LogP contribution in [0, 0.1) is 6.92 Å². The number of morpholine rings is 1. The number of ether oxygens (including phenoxy) is 1. The topological polar surface area (TPSA) is 50.5 Å². The molecule has 4 heteroatoms. The first-order valence-corrected chi connectivity index (χ1v) is 6.05. The molecule has 0 aliphatic carbocycles. The van der Waals surface area contributed by atoms with Crippen molar-refractivity contribution >= 4 is 11.4 Å². The van der Waals surface area contributed by atoms with E-state index in [9.17, 15) is 0 Å². The molecule has 0 amide bonds. The number of rotatable bonds is 3. The molecule has 0 bridgehead atoms. The molecular formula is C13H21N3O.